The van der Waals surface area contributed by atoms with Crippen molar-refractivity contribution in [2.75, 3.05) is 18.0 Å². The van der Waals surface area contributed by atoms with Crippen LogP contribution in [0.25, 0.3) is 0 Å². The largest absolute Gasteiger partial charge is 0.405 e. The van der Waals surface area contributed by atoms with Gasteiger partial charge in [-0.3, -0.25) is 0 Å². The quantitative estimate of drug-likeness (QED) is 0.800. The van der Waals surface area contributed by atoms with Crippen molar-refractivity contribution in [3.8, 4) is 0 Å². The second-order valence-electron chi connectivity index (χ2n) is 3.24. The number of anilines is 1. The molecule has 0 aliphatic heterocycles. The molecule has 0 bridgehead atoms. The molecule has 1 aromatic heterocycles. The number of aromatic nitrogens is 2. The summed E-state index contributed by atoms with van der Waals surface area (Å²) in [5.41, 5.74) is 0. The molecule has 0 fully saturated rings. The van der Waals surface area contributed by atoms with Crippen molar-refractivity contribution < 1.29 is 13.2 Å². The molecule has 0 aromatic carbocycles. The number of alkyl halides is 3. The average molecular weight is 298 g/mol. The zero-order valence-electron chi connectivity index (χ0n) is 8.63. The molecule has 0 saturated heterocycles. The SMILES string of the molecule is CCCN(CC(F)(F)F)c1cc(Br)ncn1. The van der Waals surface area contributed by atoms with E-state index in [0.29, 0.717) is 17.6 Å². The minimum absolute atomic E-state index is 0.279. The van der Waals surface area contributed by atoms with E-state index in [2.05, 4.69) is 25.9 Å². The molecule has 3 nitrogen and oxygen atoms in total. The maximum absolute atomic E-state index is 12.3. The van der Waals surface area contributed by atoms with Crippen molar-refractivity contribution >= 4 is 21.7 Å². The normalized spacial score (nSPS) is 11.6. The molecule has 90 valence electrons. The van der Waals surface area contributed by atoms with Crippen molar-refractivity contribution in [1.82, 2.24) is 9.97 Å². The number of rotatable bonds is 4. The molecule has 16 heavy (non-hydrogen) atoms. The molecule has 0 aliphatic rings. The van der Waals surface area contributed by atoms with Gasteiger partial charge in [0.1, 0.15) is 23.3 Å². The van der Waals surface area contributed by atoms with Gasteiger partial charge in [-0.1, -0.05) is 6.92 Å². The topological polar surface area (TPSA) is 29.0 Å². The zero-order valence-corrected chi connectivity index (χ0v) is 10.2. The Bertz CT molecular complexity index is 343. The molecular weight excluding hydrogens is 287 g/mol. The van der Waals surface area contributed by atoms with Gasteiger partial charge in [0.05, 0.1) is 0 Å². The highest BCUT2D eigenvalue weighted by Gasteiger charge is 2.31. The molecule has 0 unspecified atom stereocenters. The van der Waals surface area contributed by atoms with Crippen LogP contribution in [0.4, 0.5) is 19.0 Å². The van der Waals surface area contributed by atoms with Crippen LogP contribution >= 0.6 is 15.9 Å². The van der Waals surface area contributed by atoms with Crippen LogP contribution in [0.5, 0.6) is 0 Å². The van der Waals surface area contributed by atoms with Gasteiger partial charge in [0.2, 0.25) is 0 Å². The fourth-order valence-corrected chi connectivity index (χ4v) is 1.55. The van der Waals surface area contributed by atoms with Gasteiger partial charge in [-0.05, 0) is 22.4 Å². The molecule has 0 amide bonds. The summed E-state index contributed by atoms with van der Waals surface area (Å²) in [4.78, 5) is 8.79. The van der Waals surface area contributed by atoms with E-state index < -0.39 is 12.7 Å². The lowest BCUT2D eigenvalue weighted by molar-refractivity contribution is -0.119. The van der Waals surface area contributed by atoms with E-state index in [1.54, 1.807) is 0 Å². The molecular formula is C9H11BrF3N3. The molecule has 7 heteroatoms. The molecule has 1 heterocycles. The van der Waals surface area contributed by atoms with Crippen molar-refractivity contribution in [3.05, 3.63) is 17.0 Å². The summed E-state index contributed by atoms with van der Waals surface area (Å²) in [5.74, 6) is 0.279. The predicted octanol–water partition coefficient (Wildman–Crippen LogP) is 3.02. The van der Waals surface area contributed by atoms with Crippen molar-refractivity contribution in [2.24, 2.45) is 0 Å². The van der Waals surface area contributed by atoms with Crippen LogP contribution in [0.1, 0.15) is 13.3 Å². The van der Waals surface area contributed by atoms with Crippen molar-refractivity contribution in [3.63, 3.8) is 0 Å². The summed E-state index contributed by atoms with van der Waals surface area (Å²) in [6.07, 6.45) is -2.37. The van der Waals surface area contributed by atoms with E-state index in [0.717, 1.165) is 0 Å². The van der Waals surface area contributed by atoms with E-state index in [1.807, 2.05) is 6.92 Å². The molecule has 0 saturated carbocycles. The fourth-order valence-electron chi connectivity index (χ4n) is 1.26. The van der Waals surface area contributed by atoms with Gasteiger partial charge < -0.3 is 4.90 Å². The first-order valence-electron chi connectivity index (χ1n) is 4.71. The van der Waals surface area contributed by atoms with E-state index in [4.69, 9.17) is 0 Å². The third-order valence-electron chi connectivity index (χ3n) is 1.81. The van der Waals surface area contributed by atoms with Crippen molar-refractivity contribution in [2.45, 2.75) is 19.5 Å². The Kier molecular flexibility index (Phi) is 4.52. The van der Waals surface area contributed by atoms with Crippen LogP contribution < -0.4 is 4.90 Å². The van der Waals surface area contributed by atoms with Crippen LogP contribution in [-0.2, 0) is 0 Å². The first kappa shape index (κ1) is 13.2. The van der Waals surface area contributed by atoms with Gasteiger partial charge >= 0.3 is 6.18 Å². The van der Waals surface area contributed by atoms with Crippen LogP contribution in [0, 0.1) is 0 Å². The van der Waals surface area contributed by atoms with Gasteiger partial charge in [-0.2, -0.15) is 13.2 Å². The first-order valence-corrected chi connectivity index (χ1v) is 5.51. The lowest BCUT2D eigenvalue weighted by Gasteiger charge is -2.24. The van der Waals surface area contributed by atoms with Gasteiger partial charge in [0.15, 0.2) is 0 Å². The second-order valence-corrected chi connectivity index (χ2v) is 4.05. The third kappa shape index (κ3) is 4.34. The minimum Gasteiger partial charge on any atom is -0.347 e. The minimum atomic E-state index is -4.23. The van der Waals surface area contributed by atoms with E-state index in [-0.39, 0.29) is 5.82 Å². The number of halogens is 4. The first-order chi connectivity index (χ1) is 7.42. The molecule has 1 rings (SSSR count). The standard InChI is InChI=1S/C9H11BrF3N3/c1-2-3-16(5-9(11,12)13)8-4-7(10)14-6-15-8/h4,6H,2-3,5H2,1H3. The predicted molar refractivity (Wildman–Crippen MR) is 58.3 cm³/mol. The third-order valence-corrected chi connectivity index (χ3v) is 2.24. The summed E-state index contributed by atoms with van der Waals surface area (Å²) >= 11 is 3.10. The highest BCUT2D eigenvalue weighted by atomic mass is 79.9. The zero-order chi connectivity index (χ0) is 12.2. The molecule has 0 N–H and O–H groups in total. The second kappa shape index (κ2) is 5.47. The van der Waals surface area contributed by atoms with Gasteiger partial charge in [0.25, 0.3) is 0 Å². The Morgan fingerprint density at radius 1 is 1.38 bits per heavy atom. The van der Waals surface area contributed by atoms with E-state index in [9.17, 15) is 13.2 Å². The van der Waals surface area contributed by atoms with Crippen LogP contribution in [0.3, 0.4) is 0 Å². The van der Waals surface area contributed by atoms with Gasteiger partial charge in [0, 0.05) is 12.6 Å². The summed E-state index contributed by atoms with van der Waals surface area (Å²) in [7, 11) is 0. The lowest BCUT2D eigenvalue weighted by Crippen LogP contribution is -2.35. The summed E-state index contributed by atoms with van der Waals surface area (Å²) < 4.78 is 37.4. The highest BCUT2D eigenvalue weighted by molar-refractivity contribution is 9.10. The Morgan fingerprint density at radius 2 is 2.06 bits per heavy atom. The van der Waals surface area contributed by atoms with Gasteiger partial charge in [-0.25, -0.2) is 9.97 Å². The number of hydrogen-bond donors (Lipinski definition) is 0. The highest BCUT2D eigenvalue weighted by Crippen LogP contribution is 2.21. The molecule has 0 radical (unpaired) electrons. The Morgan fingerprint density at radius 3 is 2.56 bits per heavy atom. The Hall–Kier alpha value is -0.850. The summed E-state index contributed by atoms with van der Waals surface area (Å²) in [6, 6.07) is 1.47. The monoisotopic (exact) mass is 297 g/mol. The van der Waals surface area contributed by atoms with E-state index in [1.165, 1.54) is 17.3 Å². The smallest absolute Gasteiger partial charge is 0.347 e. The van der Waals surface area contributed by atoms with Crippen LogP contribution in [0.2, 0.25) is 0 Å². The van der Waals surface area contributed by atoms with Crippen molar-refractivity contribution in [1.29, 1.82) is 0 Å². The molecule has 1 aromatic rings. The van der Waals surface area contributed by atoms with Crippen LogP contribution in [0.15, 0.2) is 17.0 Å². The summed E-state index contributed by atoms with van der Waals surface area (Å²) in [6.45, 7) is 1.13. The lowest BCUT2D eigenvalue weighted by atomic mass is 10.4. The average Bonchev–Trinajstić information content (AvgIpc) is 2.15. The maximum Gasteiger partial charge on any atom is 0.405 e. The Labute approximate surface area is 99.8 Å². The maximum atomic E-state index is 12.3. The summed E-state index contributed by atoms with van der Waals surface area (Å²) in [5, 5.41) is 0. The van der Waals surface area contributed by atoms with Gasteiger partial charge in [-0.15, -0.1) is 0 Å². The molecule has 0 atom stereocenters. The Balaban J connectivity index is 2.85. The number of nitrogens with zero attached hydrogens (tertiary/aromatic N) is 3. The fraction of sp³-hybridized carbons (Fsp3) is 0.556. The van der Waals surface area contributed by atoms with E-state index >= 15 is 0 Å². The molecule has 0 spiro atoms. The van der Waals surface area contributed by atoms with Crippen LogP contribution in [-0.4, -0.2) is 29.2 Å². The molecule has 0 aliphatic carbocycles. The number of hydrogen-bond acceptors (Lipinski definition) is 3.